The average Bonchev–Trinajstić information content (AvgIpc) is 3.42. The SMILES string of the molecule is CCC1NC(N2CC3CN(C(=O)Cc4cn(C)c5ccccc45)CC3C2)NC(=O)C1F. The van der Waals surface area contributed by atoms with Gasteiger partial charge in [-0.25, -0.2) is 4.39 Å². The topological polar surface area (TPSA) is 69.6 Å². The third kappa shape index (κ3) is 3.61. The molecule has 5 atom stereocenters. The van der Waals surface area contributed by atoms with Gasteiger partial charge in [0.1, 0.15) is 6.29 Å². The molecule has 3 saturated heterocycles. The molecule has 3 aliphatic rings. The van der Waals surface area contributed by atoms with Crippen LogP contribution in [0, 0.1) is 11.8 Å². The first-order valence-electron chi connectivity index (χ1n) is 11.2. The van der Waals surface area contributed by atoms with Gasteiger partial charge < -0.3 is 14.8 Å². The van der Waals surface area contributed by atoms with E-state index in [4.69, 9.17) is 0 Å². The van der Waals surface area contributed by atoms with Crippen molar-refractivity contribution in [3.8, 4) is 0 Å². The van der Waals surface area contributed by atoms with Crippen LogP contribution in [0.25, 0.3) is 10.9 Å². The van der Waals surface area contributed by atoms with E-state index < -0.39 is 18.1 Å². The summed E-state index contributed by atoms with van der Waals surface area (Å²) < 4.78 is 16.1. The van der Waals surface area contributed by atoms with Crippen molar-refractivity contribution in [3.63, 3.8) is 0 Å². The first-order valence-corrected chi connectivity index (χ1v) is 11.2. The normalized spacial score (nSPS) is 31.3. The quantitative estimate of drug-likeness (QED) is 0.770. The number of aromatic nitrogens is 1. The Bertz CT molecular complexity index is 993. The standard InChI is InChI=1S/C23H30FN5O2/c1-3-18-21(24)22(31)26-23(25-18)29-12-15-10-28(11-16(15)13-29)20(30)8-14-9-27(2)19-7-5-4-6-17(14)19/h4-7,9,15-16,18,21,23,25H,3,8,10-13H2,1-2H3,(H,26,31). The fourth-order valence-electron chi connectivity index (χ4n) is 5.53. The number of hydrogen-bond acceptors (Lipinski definition) is 4. The number of nitrogens with zero attached hydrogens (tertiary/aromatic N) is 3. The molecule has 0 spiro atoms. The summed E-state index contributed by atoms with van der Waals surface area (Å²) in [5, 5.41) is 7.14. The van der Waals surface area contributed by atoms with E-state index in [1.165, 1.54) is 0 Å². The van der Waals surface area contributed by atoms with Gasteiger partial charge in [0.05, 0.1) is 12.5 Å². The predicted molar refractivity (Wildman–Crippen MR) is 116 cm³/mol. The van der Waals surface area contributed by atoms with E-state index in [0.29, 0.717) is 24.7 Å². The van der Waals surface area contributed by atoms with Crippen LogP contribution >= 0.6 is 0 Å². The molecule has 166 valence electrons. The number of benzene rings is 1. The molecule has 31 heavy (non-hydrogen) atoms. The minimum Gasteiger partial charge on any atom is -0.350 e. The van der Waals surface area contributed by atoms with Crippen molar-refractivity contribution in [2.45, 2.75) is 38.3 Å². The molecule has 1 aromatic heterocycles. The number of halogens is 1. The largest absolute Gasteiger partial charge is 0.350 e. The molecule has 3 aliphatic heterocycles. The molecule has 2 aromatic rings. The summed E-state index contributed by atoms with van der Waals surface area (Å²) in [6.07, 6.45) is 1.23. The van der Waals surface area contributed by atoms with Crippen molar-refractivity contribution in [3.05, 3.63) is 36.0 Å². The number of amides is 2. The number of likely N-dealkylation sites (tertiary alicyclic amines) is 2. The van der Waals surface area contributed by atoms with Crippen molar-refractivity contribution in [2.24, 2.45) is 18.9 Å². The second-order valence-corrected chi connectivity index (χ2v) is 9.23. The highest BCUT2D eigenvalue weighted by Crippen LogP contribution is 2.33. The first kappa shape index (κ1) is 20.5. The minimum atomic E-state index is -1.49. The highest BCUT2D eigenvalue weighted by atomic mass is 19.1. The van der Waals surface area contributed by atoms with Crippen LogP contribution in [0.1, 0.15) is 18.9 Å². The third-order valence-electron chi connectivity index (χ3n) is 7.25. The lowest BCUT2D eigenvalue weighted by atomic mass is 10.0. The molecular formula is C23H30FN5O2. The van der Waals surface area contributed by atoms with E-state index in [9.17, 15) is 14.0 Å². The lowest BCUT2D eigenvalue weighted by molar-refractivity contribution is -0.133. The molecular weight excluding hydrogens is 397 g/mol. The number of rotatable bonds is 4. The van der Waals surface area contributed by atoms with Gasteiger partial charge in [0.2, 0.25) is 5.91 Å². The summed E-state index contributed by atoms with van der Waals surface area (Å²) >= 11 is 0. The summed E-state index contributed by atoms with van der Waals surface area (Å²) in [7, 11) is 2.01. The lowest BCUT2D eigenvalue weighted by Crippen LogP contribution is -2.67. The maximum absolute atomic E-state index is 14.0. The number of hydrogen-bond donors (Lipinski definition) is 2. The van der Waals surface area contributed by atoms with Gasteiger partial charge in [0, 0.05) is 50.3 Å². The summed E-state index contributed by atoms with van der Waals surface area (Å²) in [6, 6.07) is 7.73. The molecule has 0 bridgehead atoms. The molecule has 3 fully saturated rings. The van der Waals surface area contributed by atoms with E-state index in [2.05, 4.69) is 38.4 Å². The van der Waals surface area contributed by atoms with Crippen molar-refractivity contribution >= 4 is 22.7 Å². The Morgan fingerprint density at radius 3 is 2.58 bits per heavy atom. The van der Waals surface area contributed by atoms with Gasteiger partial charge in [-0.1, -0.05) is 25.1 Å². The van der Waals surface area contributed by atoms with Gasteiger partial charge in [0.25, 0.3) is 5.91 Å². The fraction of sp³-hybridized carbons (Fsp3) is 0.565. The van der Waals surface area contributed by atoms with Gasteiger partial charge in [-0.05, 0) is 29.9 Å². The Labute approximate surface area is 181 Å². The Morgan fingerprint density at radius 2 is 1.87 bits per heavy atom. The zero-order valence-electron chi connectivity index (χ0n) is 18.1. The van der Waals surface area contributed by atoms with Crippen molar-refractivity contribution < 1.29 is 14.0 Å². The van der Waals surface area contributed by atoms with Gasteiger partial charge >= 0.3 is 0 Å². The molecule has 0 radical (unpaired) electrons. The van der Waals surface area contributed by atoms with Crippen molar-refractivity contribution in [1.29, 1.82) is 0 Å². The Morgan fingerprint density at radius 1 is 1.16 bits per heavy atom. The van der Waals surface area contributed by atoms with Gasteiger partial charge in [-0.3, -0.25) is 19.8 Å². The molecule has 8 heteroatoms. The highest BCUT2D eigenvalue weighted by molar-refractivity contribution is 5.89. The van der Waals surface area contributed by atoms with Crippen LogP contribution in [0.2, 0.25) is 0 Å². The Kier molecular flexibility index (Phi) is 5.22. The molecule has 0 saturated carbocycles. The third-order valence-corrected chi connectivity index (χ3v) is 7.25. The molecule has 5 unspecified atom stereocenters. The van der Waals surface area contributed by atoms with Crippen LogP contribution in [0.5, 0.6) is 0 Å². The van der Waals surface area contributed by atoms with Gasteiger partial charge in [-0.15, -0.1) is 0 Å². The molecule has 7 nitrogen and oxygen atoms in total. The Balaban J connectivity index is 1.20. The van der Waals surface area contributed by atoms with Crippen LogP contribution in [0.4, 0.5) is 4.39 Å². The molecule has 4 heterocycles. The van der Waals surface area contributed by atoms with E-state index >= 15 is 0 Å². The van der Waals surface area contributed by atoms with Crippen LogP contribution in [0.15, 0.2) is 30.5 Å². The second-order valence-electron chi connectivity index (χ2n) is 9.23. The zero-order valence-corrected chi connectivity index (χ0v) is 18.1. The smallest absolute Gasteiger partial charge is 0.258 e. The monoisotopic (exact) mass is 427 g/mol. The summed E-state index contributed by atoms with van der Waals surface area (Å²) in [5.41, 5.74) is 2.21. The number of aryl methyl sites for hydroxylation is 1. The van der Waals surface area contributed by atoms with E-state index in [1.54, 1.807) is 0 Å². The summed E-state index contributed by atoms with van der Waals surface area (Å²) in [5.74, 6) is 0.420. The number of nitrogens with one attached hydrogen (secondary N) is 2. The van der Waals surface area contributed by atoms with Crippen LogP contribution in [0.3, 0.4) is 0 Å². The van der Waals surface area contributed by atoms with Gasteiger partial charge in [-0.2, -0.15) is 0 Å². The molecule has 0 aliphatic carbocycles. The average molecular weight is 428 g/mol. The number of carbonyl (C=O) groups is 2. The van der Waals surface area contributed by atoms with E-state index in [-0.39, 0.29) is 12.2 Å². The van der Waals surface area contributed by atoms with E-state index in [1.807, 2.05) is 31.0 Å². The van der Waals surface area contributed by atoms with Crippen molar-refractivity contribution in [1.82, 2.24) is 25.0 Å². The predicted octanol–water partition coefficient (Wildman–Crippen LogP) is 1.23. The minimum absolute atomic E-state index is 0.174. The molecule has 2 amide bonds. The van der Waals surface area contributed by atoms with Gasteiger partial charge in [0.15, 0.2) is 6.17 Å². The van der Waals surface area contributed by atoms with Crippen LogP contribution in [-0.4, -0.2) is 70.9 Å². The lowest BCUT2D eigenvalue weighted by Gasteiger charge is -2.38. The summed E-state index contributed by atoms with van der Waals surface area (Å²) in [4.78, 5) is 29.2. The number of carbonyl (C=O) groups excluding carboxylic acids is 2. The zero-order chi connectivity index (χ0) is 21.7. The maximum atomic E-state index is 14.0. The second kappa shape index (κ2) is 7.91. The van der Waals surface area contributed by atoms with Crippen LogP contribution in [-0.2, 0) is 23.1 Å². The van der Waals surface area contributed by atoms with E-state index in [0.717, 1.165) is 42.6 Å². The molecule has 5 rings (SSSR count). The first-order chi connectivity index (χ1) is 14.9. The number of fused-ring (bicyclic) bond motifs is 2. The molecule has 2 N–H and O–H groups in total. The van der Waals surface area contributed by atoms with Crippen LogP contribution < -0.4 is 10.6 Å². The Hall–Kier alpha value is -2.45. The number of para-hydroxylation sites is 1. The fourth-order valence-corrected chi connectivity index (χ4v) is 5.53. The maximum Gasteiger partial charge on any atom is 0.258 e. The number of alkyl halides is 1. The summed E-state index contributed by atoms with van der Waals surface area (Å²) in [6.45, 7) is 4.98. The molecule has 1 aromatic carbocycles. The van der Waals surface area contributed by atoms with Crippen molar-refractivity contribution in [2.75, 3.05) is 26.2 Å². The highest BCUT2D eigenvalue weighted by Gasteiger charge is 2.46.